The quantitative estimate of drug-likeness (QED) is 0.482. The predicted octanol–water partition coefficient (Wildman–Crippen LogP) is 1.39. The first-order chi connectivity index (χ1) is 5.52. The van der Waals surface area contributed by atoms with E-state index in [1.807, 2.05) is 24.3 Å². The molecule has 6 heteroatoms. The van der Waals surface area contributed by atoms with Gasteiger partial charge in [0.2, 0.25) is 0 Å². The molecule has 0 saturated heterocycles. The van der Waals surface area contributed by atoms with Crippen molar-refractivity contribution in [1.29, 1.82) is 0 Å². The fourth-order valence-corrected chi connectivity index (χ4v) is 0.727. The summed E-state index contributed by atoms with van der Waals surface area (Å²) in [6.07, 6.45) is 0. The van der Waals surface area contributed by atoms with Gasteiger partial charge in [0.15, 0.2) is 0 Å². The number of hydrogen-bond acceptors (Lipinski definition) is 2. The lowest BCUT2D eigenvalue weighted by Gasteiger charge is -1.88. The molecule has 0 radical (unpaired) electrons. The number of benzene rings is 1. The number of nitrogens with two attached hydrogens (primary N) is 1. The lowest BCUT2D eigenvalue weighted by atomic mass is 10.3. The Hall–Kier alpha value is -0.350. The van der Waals surface area contributed by atoms with E-state index in [9.17, 15) is 0 Å². The van der Waals surface area contributed by atoms with E-state index in [0.717, 1.165) is 10.2 Å². The van der Waals surface area contributed by atoms with Gasteiger partial charge in [-0.25, -0.2) is 0 Å². The van der Waals surface area contributed by atoms with Crippen molar-refractivity contribution in [3.8, 4) is 0 Å². The van der Waals surface area contributed by atoms with Gasteiger partial charge in [0.25, 0.3) is 0 Å². The van der Waals surface area contributed by atoms with Crippen LogP contribution in [0.1, 0.15) is 0 Å². The van der Waals surface area contributed by atoms with E-state index in [4.69, 9.17) is 20.1 Å². The van der Waals surface area contributed by atoms with Crippen LogP contribution in [0.15, 0.2) is 28.7 Å². The molecule has 0 aliphatic heterocycles. The lowest BCUT2D eigenvalue weighted by Crippen LogP contribution is -1.80. The minimum absolute atomic E-state index is 0.799. The zero-order chi connectivity index (χ0) is 9.56. The Balaban J connectivity index is 0.000000261. The van der Waals surface area contributed by atoms with Crippen LogP contribution in [0.4, 0.5) is 5.69 Å². The Bertz CT molecular complexity index is 226. The van der Waals surface area contributed by atoms with Crippen molar-refractivity contribution in [2.24, 2.45) is 0 Å². The monoisotopic (exact) mass is 253 g/mol. The maximum absolute atomic E-state index is 8.74. The number of rotatable bonds is 0. The first-order valence-corrected chi connectivity index (χ1v) is 5.05. The van der Waals surface area contributed by atoms with Crippen LogP contribution >= 0.6 is 24.2 Å². The molecule has 4 nitrogen and oxygen atoms in total. The van der Waals surface area contributed by atoms with Crippen molar-refractivity contribution in [2.45, 2.75) is 0 Å². The molecule has 0 saturated carbocycles. The van der Waals surface area contributed by atoms with E-state index < -0.39 is 8.25 Å². The second-order valence-corrected chi connectivity index (χ2v) is 3.31. The van der Waals surface area contributed by atoms with Crippen molar-refractivity contribution in [2.75, 3.05) is 5.73 Å². The fourth-order valence-electron chi connectivity index (χ4n) is 0.463. The molecule has 0 atom stereocenters. The zero-order valence-corrected chi connectivity index (χ0v) is 8.65. The number of anilines is 1. The summed E-state index contributed by atoms with van der Waals surface area (Å²) in [6, 6.07) is 7.53. The smallest absolute Gasteiger partial charge is 0.314 e. The second-order valence-electron chi connectivity index (χ2n) is 1.83. The largest absolute Gasteiger partial charge is 0.399 e. The van der Waals surface area contributed by atoms with Crippen molar-refractivity contribution in [1.82, 2.24) is 0 Å². The summed E-state index contributed by atoms with van der Waals surface area (Å²) in [7, 11) is -3.13. The van der Waals surface area contributed by atoms with Crippen LogP contribution in [0.3, 0.4) is 0 Å². The van der Waals surface area contributed by atoms with Gasteiger partial charge in [-0.1, -0.05) is 15.9 Å². The van der Waals surface area contributed by atoms with Gasteiger partial charge in [-0.2, -0.15) is 0 Å². The van der Waals surface area contributed by atoms with Gasteiger partial charge in [-0.3, -0.25) is 4.57 Å². The molecule has 68 valence electrons. The van der Waals surface area contributed by atoms with Gasteiger partial charge >= 0.3 is 8.25 Å². The average molecular weight is 254 g/mol. The van der Waals surface area contributed by atoms with E-state index in [1.54, 1.807) is 0 Å². The van der Waals surface area contributed by atoms with Crippen molar-refractivity contribution < 1.29 is 14.4 Å². The summed E-state index contributed by atoms with van der Waals surface area (Å²) < 4.78 is 9.80. The molecule has 4 N–H and O–H groups in total. The SMILES string of the molecule is Nc1ccc(Br)cc1.O=[PH](O)O. The van der Waals surface area contributed by atoms with Gasteiger partial charge in [-0.15, -0.1) is 0 Å². The predicted molar refractivity (Wildman–Crippen MR) is 52.0 cm³/mol. The van der Waals surface area contributed by atoms with E-state index in [2.05, 4.69) is 15.9 Å². The highest BCUT2D eigenvalue weighted by molar-refractivity contribution is 9.10. The number of halogens is 1. The molecule has 0 unspecified atom stereocenters. The molecule has 1 aromatic rings. The molecule has 1 aromatic carbocycles. The molecule has 0 spiro atoms. The van der Waals surface area contributed by atoms with Crippen LogP contribution in [0.5, 0.6) is 0 Å². The Morgan fingerprint density at radius 3 is 1.83 bits per heavy atom. The molecule has 12 heavy (non-hydrogen) atoms. The van der Waals surface area contributed by atoms with E-state index >= 15 is 0 Å². The summed E-state index contributed by atoms with van der Waals surface area (Å²) in [6.45, 7) is 0. The maximum atomic E-state index is 8.74. The minimum atomic E-state index is -3.13. The number of hydrogen-bond donors (Lipinski definition) is 3. The van der Waals surface area contributed by atoms with Crippen LogP contribution in [-0.2, 0) is 4.57 Å². The molecule has 0 amide bonds. The summed E-state index contributed by atoms with van der Waals surface area (Å²) in [5.41, 5.74) is 6.21. The summed E-state index contributed by atoms with van der Waals surface area (Å²) in [4.78, 5) is 14.3. The normalized spacial score (nSPS) is 9.00. The Morgan fingerprint density at radius 2 is 1.58 bits per heavy atom. The van der Waals surface area contributed by atoms with Crippen molar-refractivity contribution in [3.05, 3.63) is 28.7 Å². The first-order valence-electron chi connectivity index (χ1n) is 2.95. The van der Waals surface area contributed by atoms with Crippen molar-refractivity contribution in [3.63, 3.8) is 0 Å². The van der Waals surface area contributed by atoms with E-state index in [1.165, 1.54) is 0 Å². The highest BCUT2D eigenvalue weighted by atomic mass is 79.9. The van der Waals surface area contributed by atoms with Crippen LogP contribution in [0, 0.1) is 0 Å². The van der Waals surface area contributed by atoms with E-state index in [0.29, 0.717) is 0 Å². The Morgan fingerprint density at radius 1 is 1.25 bits per heavy atom. The Kier molecular flexibility index (Phi) is 6.02. The average Bonchev–Trinajstić information content (AvgIpc) is 1.94. The highest BCUT2D eigenvalue weighted by Crippen LogP contribution is 2.10. The van der Waals surface area contributed by atoms with Gasteiger partial charge in [-0.05, 0) is 24.3 Å². The maximum Gasteiger partial charge on any atom is 0.314 e. The molecule has 0 heterocycles. The van der Waals surface area contributed by atoms with Gasteiger partial charge in [0, 0.05) is 10.2 Å². The molecular weight excluding hydrogens is 245 g/mol. The summed E-state index contributed by atoms with van der Waals surface area (Å²) >= 11 is 3.29. The molecule has 0 fully saturated rings. The summed E-state index contributed by atoms with van der Waals surface area (Å²) in [5.74, 6) is 0. The zero-order valence-electron chi connectivity index (χ0n) is 6.07. The van der Waals surface area contributed by atoms with Gasteiger partial charge in [0.05, 0.1) is 0 Å². The second kappa shape index (κ2) is 6.20. The third kappa shape index (κ3) is 7.75. The molecule has 0 aromatic heterocycles. The minimum Gasteiger partial charge on any atom is -0.399 e. The van der Waals surface area contributed by atoms with Crippen LogP contribution in [0.25, 0.3) is 0 Å². The standard InChI is InChI=1S/C6H6BrN.H3O3P/c7-5-1-3-6(8)4-2-5;1-4(2)3/h1-4H,8H2;4H,(H2,1,2,3). The third-order valence-electron chi connectivity index (χ3n) is 0.870. The molecular formula is C6H9BrNO3P. The Labute approximate surface area is 79.1 Å². The molecule has 0 aliphatic rings. The van der Waals surface area contributed by atoms with Gasteiger partial charge < -0.3 is 15.5 Å². The molecule has 0 aliphatic carbocycles. The lowest BCUT2D eigenvalue weighted by molar-refractivity contribution is 0.405. The topological polar surface area (TPSA) is 83.6 Å². The summed E-state index contributed by atoms with van der Waals surface area (Å²) in [5, 5.41) is 0. The van der Waals surface area contributed by atoms with E-state index in [-0.39, 0.29) is 0 Å². The molecule has 0 bridgehead atoms. The number of nitrogen functional groups attached to an aromatic ring is 1. The fraction of sp³-hybridized carbons (Fsp3) is 0. The van der Waals surface area contributed by atoms with Crippen LogP contribution in [-0.4, -0.2) is 9.79 Å². The van der Waals surface area contributed by atoms with Crippen molar-refractivity contribution >= 4 is 29.9 Å². The van der Waals surface area contributed by atoms with Gasteiger partial charge in [0.1, 0.15) is 0 Å². The van der Waals surface area contributed by atoms with Crippen LogP contribution in [0.2, 0.25) is 0 Å². The van der Waals surface area contributed by atoms with Crippen LogP contribution < -0.4 is 5.73 Å². The molecule has 1 rings (SSSR count). The third-order valence-corrected chi connectivity index (χ3v) is 1.40. The first kappa shape index (κ1) is 11.6. The highest BCUT2D eigenvalue weighted by Gasteiger charge is 1.81.